The number of aryl methyl sites for hydroxylation is 1. The van der Waals surface area contributed by atoms with Crippen molar-refractivity contribution in [2.24, 2.45) is 0 Å². The summed E-state index contributed by atoms with van der Waals surface area (Å²) in [6.45, 7) is 7.87. The van der Waals surface area contributed by atoms with E-state index in [2.05, 4.69) is 10.6 Å². The predicted octanol–water partition coefficient (Wildman–Crippen LogP) is 2.57. The van der Waals surface area contributed by atoms with Crippen LogP contribution in [-0.2, 0) is 0 Å². The first kappa shape index (κ1) is 12.6. The first-order valence-corrected chi connectivity index (χ1v) is 5.44. The number of carbonyl (C=O) groups is 1. The molecule has 0 aliphatic rings. The van der Waals surface area contributed by atoms with E-state index in [0.29, 0.717) is 0 Å². The number of anilines is 1. The van der Waals surface area contributed by atoms with E-state index in [1.54, 1.807) is 0 Å². The van der Waals surface area contributed by atoms with Gasteiger partial charge >= 0.3 is 0 Å². The van der Waals surface area contributed by atoms with Crippen LogP contribution in [-0.4, -0.2) is 18.5 Å². The first-order valence-electron chi connectivity index (χ1n) is 5.44. The molecule has 0 heterocycles. The summed E-state index contributed by atoms with van der Waals surface area (Å²) in [6.07, 6.45) is 0. The standard InChI is InChI=1S/C13H20N2O/c1-9-8-10(14-5)6-7-11(9)12(16)15-13(2,3)4/h6-8,14H,1-5H3,(H,15,16). The Morgan fingerprint density at radius 1 is 1.25 bits per heavy atom. The lowest BCUT2D eigenvalue weighted by atomic mass is 10.0. The maximum absolute atomic E-state index is 11.9. The molecule has 0 aromatic heterocycles. The summed E-state index contributed by atoms with van der Waals surface area (Å²) in [5.74, 6) is -0.0207. The van der Waals surface area contributed by atoms with Gasteiger partial charge in [0.15, 0.2) is 0 Å². The second kappa shape index (κ2) is 4.56. The summed E-state index contributed by atoms with van der Waals surface area (Å²) in [4.78, 5) is 11.9. The Morgan fingerprint density at radius 2 is 1.88 bits per heavy atom. The molecule has 0 unspecified atom stereocenters. The highest BCUT2D eigenvalue weighted by Gasteiger charge is 2.16. The number of benzene rings is 1. The maximum atomic E-state index is 11.9. The Labute approximate surface area is 97.2 Å². The number of nitrogens with one attached hydrogen (secondary N) is 2. The second-order valence-electron chi connectivity index (χ2n) is 4.98. The van der Waals surface area contributed by atoms with Gasteiger partial charge < -0.3 is 10.6 Å². The largest absolute Gasteiger partial charge is 0.388 e. The number of amides is 1. The number of carbonyl (C=O) groups excluding carboxylic acids is 1. The zero-order chi connectivity index (χ0) is 12.3. The Hall–Kier alpha value is -1.51. The summed E-state index contributed by atoms with van der Waals surface area (Å²) < 4.78 is 0. The van der Waals surface area contributed by atoms with Crippen LogP contribution in [0.25, 0.3) is 0 Å². The molecule has 1 aromatic carbocycles. The predicted molar refractivity (Wildman–Crippen MR) is 67.9 cm³/mol. The Kier molecular flexibility index (Phi) is 3.58. The van der Waals surface area contributed by atoms with Crippen LogP contribution in [0.1, 0.15) is 36.7 Å². The lowest BCUT2D eigenvalue weighted by Crippen LogP contribution is -2.40. The molecule has 3 heteroatoms. The van der Waals surface area contributed by atoms with Crippen molar-refractivity contribution in [2.75, 3.05) is 12.4 Å². The van der Waals surface area contributed by atoms with Gasteiger partial charge in [-0.05, 0) is 51.5 Å². The summed E-state index contributed by atoms with van der Waals surface area (Å²) in [7, 11) is 1.86. The third kappa shape index (κ3) is 3.26. The summed E-state index contributed by atoms with van der Waals surface area (Å²) in [6, 6.07) is 5.73. The molecule has 0 aliphatic heterocycles. The summed E-state index contributed by atoms with van der Waals surface area (Å²) >= 11 is 0. The van der Waals surface area contributed by atoms with Crippen molar-refractivity contribution in [1.82, 2.24) is 5.32 Å². The monoisotopic (exact) mass is 220 g/mol. The molecule has 0 spiro atoms. The van der Waals surface area contributed by atoms with Crippen LogP contribution in [0.5, 0.6) is 0 Å². The molecule has 16 heavy (non-hydrogen) atoms. The van der Waals surface area contributed by atoms with Gasteiger partial charge in [0.1, 0.15) is 0 Å². The van der Waals surface area contributed by atoms with Crippen LogP contribution in [0.15, 0.2) is 18.2 Å². The molecular formula is C13H20N2O. The van der Waals surface area contributed by atoms with Gasteiger partial charge in [0.05, 0.1) is 0 Å². The third-order valence-electron chi connectivity index (χ3n) is 2.25. The third-order valence-corrected chi connectivity index (χ3v) is 2.25. The van der Waals surface area contributed by atoms with E-state index in [4.69, 9.17) is 0 Å². The van der Waals surface area contributed by atoms with E-state index in [-0.39, 0.29) is 11.4 Å². The van der Waals surface area contributed by atoms with Crippen molar-refractivity contribution in [3.63, 3.8) is 0 Å². The van der Waals surface area contributed by atoms with Gasteiger partial charge in [-0.2, -0.15) is 0 Å². The van der Waals surface area contributed by atoms with Crippen LogP contribution in [0, 0.1) is 6.92 Å². The van der Waals surface area contributed by atoms with Gasteiger partial charge in [0.25, 0.3) is 5.91 Å². The van der Waals surface area contributed by atoms with Gasteiger partial charge in [-0.3, -0.25) is 4.79 Å². The molecule has 0 atom stereocenters. The Bertz CT molecular complexity index is 391. The fourth-order valence-corrected chi connectivity index (χ4v) is 1.48. The smallest absolute Gasteiger partial charge is 0.251 e. The number of hydrogen-bond acceptors (Lipinski definition) is 2. The molecule has 2 N–H and O–H groups in total. The van der Waals surface area contributed by atoms with Crippen molar-refractivity contribution in [1.29, 1.82) is 0 Å². The van der Waals surface area contributed by atoms with Crippen molar-refractivity contribution in [3.8, 4) is 0 Å². The Balaban J connectivity index is 2.93. The lowest BCUT2D eigenvalue weighted by molar-refractivity contribution is 0.0919. The van der Waals surface area contributed by atoms with Gasteiger partial charge in [-0.25, -0.2) is 0 Å². The molecule has 1 aromatic rings. The van der Waals surface area contributed by atoms with E-state index in [1.807, 2.05) is 52.9 Å². The van der Waals surface area contributed by atoms with E-state index in [0.717, 1.165) is 16.8 Å². The molecule has 88 valence electrons. The summed E-state index contributed by atoms with van der Waals surface area (Å²) in [5, 5.41) is 6.00. The Morgan fingerprint density at radius 3 is 2.31 bits per heavy atom. The van der Waals surface area contributed by atoms with Crippen molar-refractivity contribution < 1.29 is 4.79 Å². The topological polar surface area (TPSA) is 41.1 Å². The van der Waals surface area contributed by atoms with Crippen LogP contribution in [0.4, 0.5) is 5.69 Å². The van der Waals surface area contributed by atoms with Crippen LogP contribution in [0.3, 0.4) is 0 Å². The second-order valence-corrected chi connectivity index (χ2v) is 4.98. The average molecular weight is 220 g/mol. The van der Waals surface area contributed by atoms with Crippen molar-refractivity contribution in [3.05, 3.63) is 29.3 Å². The zero-order valence-corrected chi connectivity index (χ0v) is 10.6. The van der Waals surface area contributed by atoms with Gasteiger partial charge in [0, 0.05) is 23.8 Å². The SMILES string of the molecule is CNc1ccc(C(=O)NC(C)(C)C)c(C)c1. The molecular weight excluding hydrogens is 200 g/mol. The molecule has 1 amide bonds. The number of hydrogen-bond donors (Lipinski definition) is 2. The van der Waals surface area contributed by atoms with Crippen LogP contribution in [0.2, 0.25) is 0 Å². The zero-order valence-electron chi connectivity index (χ0n) is 10.6. The highest BCUT2D eigenvalue weighted by atomic mass is 16.1. The molecule has 0 saturated heterocycles. The van der Waals surface area contributed by atoms with Gasteiger partial charge in [0.2, 0.25) is 0 Å². The fourth-order valence-electron chi connectivity index (χ4n) is 1.48. The fraction of sp³-hybridized carbons (Fsp3) is 0.462. The number of rotatable bonds is 2. The minimum Gasteiger partial charge on any atom is -0.388 e. The van der Waals surface area contributed by atoms with E-state index >= 15 is 0 Å². The van der Waals surface area contributed by atoms with E-state index in [1.165, 1.54) is 0 Å². The van der Waals surface area contributed by atoms with Crippen molar-refractivity contribution in [2.45, 2.75) is 33.2 Å². The molecule has 0 fully saturated rings. The van der Waals surface area contributed by atoms with Crippen molar-refractivity contribution >= 4 is 11.6 Å². The van der Waals surface area contributed by atoms with E-state index < -0.39 is 0 Å². The molecule has 0 radical (unpaired) electrons. The maximum Gasteiger partial charge on any atom is 0.251 e. The molecule has 0 saturated carbocycles. The van der Waals surface area contributed by atoms with Gasteiger partial charge in [-0.15, -0.1) is 0 Å². The highest BCUT2D eigenvalue weighted by molar-refractivity contribution is 5.96. The van der Waals surface area contributed by atoms with Crippen LogP contribution < -0.4 is 10.6 Å². The quantitative estimate of drug-likeness (QED) is 0.804. The minimum absolute atomic E-state index is 0.0207. The highest BCUT2D eigenvalue weighted by Crippen LogP contribution is 2.15. The molecule has 0 aliphatic carbocycles. The average Bonchev–Trinajstić information content (AvgIpc) is 2.14. The van der Waals surface area contributed by atoms with E-state index in [9.17, 15) is 4.79 Å². The molecule has 0 bridgehead atoms. The summed E-state index contributed by atoms with van der Waals surface area (Å²) in [5.41, 5.74) is 2.53. The van der Waals surface area contributed by atoms with Gasteiger partial charge in [-0.1, -0.05) is 0 Å². The van der Waals surface area contributed by atoms with Crippen LogP contribution >= 0.6 is 0 Å². The molecule has 3 nitrogen and oxygen atoms in total. The first-order chi connectivity index (χ1) is 7.33. The normalized spacial score (nSPS) is 11.1. The molecule has 1 rings (SSSR count). The minimum atomic E-state index is -0.203. The lowest BCUT2D eigenvalue weighted by Gasteiger charge is -2.21.